The van der Waals surface area contributed by atoms with Gasteiger partial charge in [0.05, 0.1) is 0 Å². The molecule has 8 nitrogen and oxygen atoms in total. The van der Waals surface area contributed by atoms with Gasteiger partial charge in [0.25, 0.3) is 0 Å². The molecule has 1 aromatic heterocycles. The van der Waals surface area contributed by atoms with Crippen LogP contribution in [0, 0.1) is 5.82 Å². The van der Waals surface area contributed by atoms with Crippen molar-refractivity contribution in [3.05, 3.63) is 138 Å². The zero-order valence-electron chi connectivity index (χ0n) is 29.6. The Morgan fingerprint density at radius 3 is 1.96 bits per heavy atom. The molecule has 4 rings (SSSR count). The van der Waals surface area contributed by atoms with Crippen LogP contribution < -0.4 is 11.1 Å². The Hall–Kier alpha value is -5.15. The Labute approximate surface area is 295 Å². The lowest BCUT2D eigenvalue weighted by atomic mass is 9.96. The second kappa shape index (κ2) is 17.5. The lowest BCUT2D eigenvalue weighted by Crippen LogP contribution is -2.56. The standard InChI is InChI=1S/C41H48FN5O3/c1-29(28-41(2,3)43)25-38(48)46(4)37(27-31-11-15-34(16-12-31)33-9-7-6-8-10-33)40(50)47(5)36(26-32-13-17-35(42)18-14-32)39(49)45-24-21-30-19-22-44-23-20-30/h6-20,22-23,25,36-37H,21,24,26-28,43H2,1-5H3,(H,45,49)/t36-,37-/m1/s1. The van der Waals surface area contributed by atoms with Gasteiger partial charge in [0, 0.05) is 57.5 Å². The van der Waals surface area contributed by atoms with Crippen molar-refractivity contribution in [2.45, 2.75) is 64.1 Å². The third kappa shape index (κ3) is 11.2. The van der Waals surface area contributed by atoms with Crippen LogP contribution in [-0.4, -0.2) is 70.8 Å². The molecule has 0 saturated carbocycles. The van der Waals surface area contributed by atoms with Crippen molar-refractivity contribution in [2.75, 3.05) is 20.6 Å². The van der Waals surface area contributed by atoms with Crippen molar-refractivity contribution in [2.24, 2.45) is 5.73 Å². The number of halogens is 1. The highest BCUT2D eigenvalue weighted by atomic mass is 19.1. The van der Waals surface area contributed by atoms with E-state index in [1.54, 1.807) is 38.6 Å². The highest BCUT2D eigenvalue weighted by Crippen LogP contribution is 2.22. The van der Waals surface area contributed by atoms with E-state index in [1.165, 1.54) is 28.0 Å². The van der Waals surface area contributed by atoms with Gasteiger partial charge in [0.15, 0.2) is 0 Å². The zero-order valence-corrected chi connectivity index (χ0v) is 29.6. The summed E-state index contributed by atoms with van der Waals surface area (Å²) < 4.78 is 13.8. The number of aromatic nitrogens is 1. The van der Waals surface area contributed by atoms with Crippen LogP contribution in [0.25, 0.3) is 11.1 Å². The van der Waals surface area contributed by atoms with Gasteiger partial charge in [-0.1, -0.05) is 72.3 Å². The van der Waals surface area contributed by atoms with E-state index in [-0.39, 0.29) is 24.7 Å². The van der Waals surface area contributed by atoms with Gasteiger partial charge in [-0.15, -0.1) is 0 Å². The van der Waals surface area contributed by atoms with Crippen LogP contribution in [0.15, 0.2) is 115 Å². The second-order valence-corrected chi connectivity index (χ2v) is 13.6. The van der Waals surface area contributed by atoms with Crippen molar-refractivity contribution in [3.8, 4) is 11.1 Å². The topological polar surface area (TPSA) is 109 Å². The quantitative estimate of drug-likeness (QED) is 0.156. The minimum atomic E-state index is -0.926. The average molecular weight is 678 g/mol. The van der Waals surface area contributed by atoms with Gasteiger partial charge in [-0.05, 0) is 85.7 Å². The number of hydrogen-bond acceptors (Lipinski definition) is 5. The fourth-order valence-corrected chi connectivity index (χ4v) is 5.95. The number of carbonyl (C=O) groups is 3. The number of amides is 3. The van der Waals surface area contributed by atoms with Crippen molar-refractivity contribution < 1.29 is 18.8 Å². The molecule has 4 aromatic rings. The van der Waals surface area contributed by atoms with Gasteiger partial charge < -0.3 is 20.9 Å². The maximum absolute atomic E-state index is 14.5. The van der Waals surface area contributed by atoms with Crippen LogP contribution in [0.1, 0.15) is 43.9 Å². The smallest absolute Gasteiger partial charge is 0.246 e. The van der Waals surface area contributed by atoms with Crippen molar-refractivity contribution in [1.82, 2.24) is 20.1 Å². The summed E-state index contributed by atoms with van der Waals surface area (Å²) in [7, 11) is 3.19. The van der Waals surface area contributed by atoms with Crippen LogP contribution in [-0.2, 0) is 33.6 Å². The van der Waals surface area contributed by atoms with Crippen molar-refractivity contribution in [3.63, 3.8) is 0 Å². The Kier molecular flexibility index (Phi) is 13.2. The van der Waals surface area contributed by atoms with Crippen molar-refractivity contribution in [1.29, 1.82) is 0 Å². The first-order chi connectivity index (χ1) is 23.8. The SMILES string of the molecule is CC(=CC(=O)N(C)[C@H](Cc1ccc(-c2ccccc2)cc1)C(=O)N(C)[C@H](Cc1ccc(F)cc1)C(=O)NCCc1ccncc1)CC(C)(C)N. The molecule has 3 N–H and O–H groups in total. The number of pyridine rings is 1. The molecule has 0 unspecified atom stereocenters. The maximum atomic E-state index is 14.5. The molecule has 1 heterocycles. The molecule has 0 spiro atoms. The molecule has 0 saturated heterocycles. The van der Waals surface area contributed by atoms with Crippen LogP contribution in [0.2, 0.25) is 0 Å². The summed E-state index contributed by atoms with van der Waals surface area (Å²) in [6, 6.07) is 25.7. The Morgan fingerprint density at radius 1 is 0.800 bits per heavy atom. The van der Waals surface area contributed by atoms with E-state index in [9.17, 15) is 18.8 Å². The molecular weight excluding hydrogens is 629 g/mol. The molecule has 9 heteroatoms. The van der Waals surface area contributed by atoms with E-state index in [1.807, 2.05) is 87.5 Å². The lowest BCUT2D eigenvalue weighted by Gasteiger charge is -2.34. The predicted molar refractivity (Wildman–Crippen MR) is 196 cm³/mol. The molecule has 3 aromatic carbocycles. The van der Waals surface area contributed by atoms with E-state index in [2.05, 4.69) is 10.3 Å². The number of benzene rings is 3. The molecule has 50 heavy (non-hydrogen) atoms. The van der Waals surface area contributed by atoms with Gasteiger partial charge in [0.1, 0.15) is 17.9 Å². The maximum Gasteiger partial charge on any atom is 0.246 e. The number of carbonyl (C=O) groups excluding carboxylic acids is 3. The zero-order chi connectivity index (χ0) is 36.3. The summed E-state index contributed by atoms with van der Waals surface area (Å²) >= 11 is 0. The minimum absolute atomic E-state index is 0.157. The summed E-state index contributed by atoms with van der Waals surface area (Å²) in [6.07, 6.45) is 6.39. The molecule has 0 aliphatic carbocycles. The van der Waals surface area contributed by atoms with E-state index >= 15 is 0 Å². The summed E-state index contributed by atoms with van der Waals surface area (Å²) in [6.45, 7) is 5.98. The first-order valence-electron chi connectivity index (χ1n) is 16.9. The summed E-state index contributed by atoms with van der Waals surface area (Å²) in [5, 5.41) is 2.98. The third-order valence-corrected chi connectivity index (χ3v) is 8.62. The van der Waals surface area contributed by atoms with Crippen LogP contribution in [0.3, 0.4) is 0 Å². The van der Waals surface area contributed by atoms with Gasteiger partial charge in [-0.25, -0.2) is 4.39 Å². The van der Waals surface area contributed by atoms with E-state index < -0.39 is 29.3 Å². The molecule has 2 atom stereocenters. The fourth-order valence-electron chi connectivity index (χ4n) is 5.95. The van der Waals surface area contributed by atoms with E-state index in [0.717, 1.165) is 27.8 Å². The first-order valence-corrected chi connectivity index (χ1v) is 16.9. The van der Waals surface area contributed by atoms with Crippen LogP contribution >= 0.6 is 0 Å². The number of nitrogens with zero attached hydrogens (tertiary/aromatic N) is 3. The normalized spacial score (nSPS) is 12.9. The first kappa shape index (κ1) is 37.7. The minimum Gasteiger partial charge on any atom is -0.354 e. The monoisotopic (exact) mass is 677 g/mol. The highest BCUT2D eigenvalue weighted by Gasteiger charge is 2.35. The number of nitrogens with two attached hydrogens (primary N) is 1. The van der Waals surface area contributed by atoms with Crippen LogP contribution in [0.4, 0.5) is 4.39 Å². The summed E-state index contributed by atoms with van der Waals surface area (Å²) in [4.78, 5) is 48.9. The molecule has 262 valence electrons. The molecule has 3 amide bonds. The molecule has 0 fully saturated rings. The molecule has 0 aliphatic rings. The highest BCUT2D eigenvalue weighted by molar-refractivity contribution is 5.95. The molecular formula is C41H48FN5O3. The molecule has 0 bridgehead atoms. The Morgan fingerprint density at radius 2 is 1.36 bits per heavy atom. The number of rotatable bonds is 15. The number of hydrogen-bond donors (Lipinski definition) is 2. The predicted octanol–water partition coefficient (Wildman–Crippen LogP) is 5.76. The largest absolute Gasteiger partial charge is 0.354 e. The summed E-state index contributed by atoms with van der Waals surface area (Å²) in [5.74, 6) is -1.47. The molecule has 0 radical (unpaired) electrons. The van der Waals surface area contributed by atoms with Gasteiger partial charge in [0.2, 0.25) is 17.7 Å². The number of nitrogens with one attached hydrogen (secondary N) is 1. The summed E-state index contributed by atoms with van der Waals surface area (Å²) in [5.41, 5.74) is 11.2. The van der Waals surface area contributed by atoms with Gasteiger partial charge >= 0.3 is 0 Å². The Bertz CT molecular complexity index is 1740. The van der Waals surface area contributed by atoms with Crippen LogP contribution in [0.5, 0.6) is 0 Å². The Balaban J connectivity index is 1.63. The van der Waals surface area contributed by atoms with Gasteiger partial charge in [-0.3, -0.25) is 19.4 Å². The number of likely N-dealkylation sites (N-methyl/N-ethyl adjacent to an activating group) is 2. The lowest BCUT2D eigenvalue weighted by molar-refractivity contribution is -0.146. The molecule has 0 aliphatic heterocycles. The van der Waals surface area contributed by atoms with Gasteiger partial charge in [-0.2, -0.15) is 0 Å². The average Bonchev–Trinajstić information content (AvgIpc) is 3.09. The van der Waals surface area contributed by atoms with E-state index in [0.29, 0.717) is 24.9 Å². The fraction of sp³-hybridized carbons (Fsp3) is 0.317. The van der Waals surface area contributed by atoms with Crippen molar-refractivity contribution >= 4 is 17.7 Å². The third-order valence-electron chi connectivity index (χ3n) is 8.62. The second-order valence-electron chi connectivity index (χ2n) is 13.6. The van der Waals surface area contributed by atoms with E-state index in [4.69, 9.17) is 5.73 Å².